The highest BCUT2D eigenvalue weighted by molar-refractivity contribution is 6.07. The summed E-state index contributed by atoms with van der Waals surface area (Å²) in [6.45, 7) is 2.07. The van der Waals surface area contributed by atoms with Crippen LogP contribution in [0.25, 0.3) is 17.1 Å². The second-order valence-electron chi connectivity index (χ2n) is 7.95. The van der Waals surface area contributed by atoms with Crippen molar-refractivity contribution in [2.75, 3.05) is 11.9 Å². The number of pyridine rings is 1. The summed E-state index contributed by atoms with van der Waals surface area (Å²) < 4.78 is 19.7. The number of nitrogens with zero attached hydrogens (tertiary/aromatic N) is 3. The summed E-state index contributed by atoms with van der Waals surface area (Å²) in [7, 11) is 0. The predicted octanol–water partition coefficient (Wildman–Crippen LogP) is 4.92. The number of hydrogen-bond acceptors (Lipinski definition) is 6. The lowest BCUT2D eigenvalue weighted by atomic mass is 10.0. The van der Waals surface area contributed by atoms with Gasteiger partial charge in [-0.05, 0) is 73.9 Å². The molecule has 0 saturated carbocycles. The lowest BCUT2D eigenvalue weighted by molar-refractivity contribution is -0.143. The molecule has 0 fully saturated rings. The minimum absolute atomic E-state index is 0.0832. The molecule has 1 amide bonds. The molecule has 0 aliphatic carbocycles. The van der Waals surface area contributed by atoms with Gasteiger partial charge in [0.2, 0.25) is 0 Å². The molecule has 36 heavy (non-hydrogen) atoms. The maximum absolute atomic E-state index is 13.3. The summed E-state index contributed by atoms with van der Waals surface area (Å²) >= 11 is 0. The average Bonchev–Trinajstić information content (AvgIpc) is 3.37. The van der Waals surface area contributed by atoms with Crippen molar-refractivity contribution in [3.05, 3.63) is 90.0 Å². The van der Waals surface area contributed by atoms with Gasteiger partial charge in [-0.15, -0.1) is 0 Å². The number of halogens is 1. The summed E-state index contributed by atoms with van der Waals surface area (Å²) in [5.74, 6) is -0.901. The first-order valence-corrected chi connectivity index (χ1v) is 11.5. The Labute approximate surface area is 207 Å². The van der Waals surface area contributed by atoms with Crippen LogP contribution in [0.3, 0.4) is 0 Å². The molecule has 2 aromatic heterocycles. The summed E-state index contributed by atoms with van der Waals surface area (Å²) in [5.41, 5.74) is 2.52. The second-order valence-corrected chi connectivity index (χ2v) is 7.95. The van der Waals surface area contributed by atoms with Crippen LogP contribution in [0.5, 0.6) is 5.75 Å². The van der Waals surface area contributed by atoms with E-state index in [4.69, 9.17) is 4.74 Å². The molecule has 4 rings (SSSR count). The molecule has 0 saturated heterocycles. The normalized spacial score (nSPS) is 10.7. The van der Waals surface area contributed by atoms with E-state index in [1.54, 1.807) is 61.8 Å². The Bertz CT molecular complexity index is 1370. The number of phenols is 1. The quantitative estimate of drug-likeness (QED) is 0.256. The minimum atomic E-state index is -0.481. The van der Waals surface area contributed by atoms with Crippen molar-refractivity contribution in [3.8, 4) is 22.8 Å². The van der Waals surface area contributed by atoms with E-state index >= 15 is 0 Å². The van der Waals surface area contributed by atoms with Gasteiger partial charge < -0.3 is 15.2 Å². The maximum atomic E-state index is 13.3. The number of benzene rings is 2. The van der Waals surface area contributed by atoms with Crippen LogP contribution >= 0.6 is 0 Å². The molecule has 0 aliphatic heterocycles. The molecule has 2 N–H and O–H groups in total. The number of aromatic nitrogens is 3. The minimum Gasteiger partial charge on any atom is -0.506 e. The number of amides is 1. The lowest BCUT2D eigenvalue weighted by Crippen LogP contribution is -2.17. The number of nitrogens with one attached hydrogen (secondary N) is 1. The van der Waals surface area contributed by atoms with Crippen molar-refractivity contribution in [1.29, 1.82) is 0 Å². The van der Waals surface area contributed by atoms with Gasteiger partial charge in [0, 0.05) is 24.4 Å². The third kappa shape index (κ3) is 5.75. The Kier molecular flexibility index (Phi) is 7.69. The standard InChI is InChI=1S/C27H25FN4O4/c1-2-36-24(34)10-4-7-19-6-3-9-23(33)25(19)30-27(35)21-8-5-16-29-26(21)32-17-15-22(31-32)18-11-13-20(28)14-12-18/h3,5-6,8-9,11-17,33H,2,4,7,10H2,1H3,(H,30,35). The number of aromatic hydroxyl groups is 1. The summed E-state index contributed by atoms with van der Waals surface area (Å²) in [6, 6.07) is 15.9. The fourth-order valence-corrected chi connectivity index (χ4v) is 3.75. The van der Waals surface area contributed by atoms with E-state index in [1.807, 2.05) is 0 Å². The van der Waals surface area contributed by atoms with Gasteiger partial charge >= 0.3 is 5.97 Å². The Morgan fingerprint density at radius 1 is 1.08 bits per heavy atom. The number of phenolic OH excluding ortho intramolecular Hbond substituents is 1. The first-order valence-electron chi connectivity index (χ1n) is 11.5. The zero-order chi connectivity index (χ0) is 25.5. The molecule has 2 aromatic carbocycles. The van der Waals surface area contributed by atoms with Gasteiger partial charge in [-0.2, -0.15) is 5.10 Å². The Morgan fingerprint density at radius 2 is 1.89 bits per heavy atom. The number of hydrogen-bond donors (Lipinski definition) is 2. The monoisotopic (exact) mass is 488 g/mol. The smallest absolute Gasteiger partial charge is 0.305 e. The van der Waals surface area contributed by atoms with Crippen LogP contribution in [0, 0.1) is 5.82 Å². The van der Waals surface area contributed by atoms with Crippen LogP contribution in [-0.2, 0) is 16.0 Å². The molecule has 8 nitrogen and oxygen atoms in total. The molecule has 0 atom stereocenters. The van der Waals surface area contributed by atoms with Gasteiger partial charge in [0.05, 0.1) is 23.6 Å². The molecular formula is C27H25FN4O4. The van der Waals surface area contributed by atoms with Gasteiger partial charge in [0.1, 0.15) is 11.6 Å². The molecule has 0 unspecified atom stereocenters. The zero-order valence-corrected chi connectivity index (χ0v) is 19.6. The van der Waals surface area contributed by atoms with Crippen molar-refractivity contribution < 1.29 is 23.8 Å². The molecule has 2 heterocycles. The number of carbonyl (C=O) groups is 2. The molecule has 9 heteroatoms. The predicted molar refractivity (Wildman–Crippen MR) is 132 cm³/mol. The largest absolute Gasteiger partial charge is 0.506 e. The number of para-hydroxylation sites is 1. The van der Waals surface area contributed by atoms with Crippen molar-refractivity contribution in [3.63, 3.8) is 0 Å². The van der Waals surface area contributed by atoms with Crippen LogP contribution in [0.2, 0.25) is 0 Å². The van der Waals surface area contributed by atoms with E-state index in [2.05, 4.69) is 15.4 Å². The average molecular weight is 489 g/mol. The summed E-state index contributed by atoms with van der Waals surface area (Å²) in [6.07, 6.45) is 4.41. The van der Waals surface area contributed by atoms with Crippen LogP contribution in [0.4, 0.5) is 10.1 Å². The molecule has 184 valence electrons. The van der Waals surface area contributed by atoms with E-state index in [0.717, 1.165) is 5.56 Å². The van der Waals surface area contributed by atoms with Gasteiger partial charge in [-0.1, -0.05) is 12.1 Å². The number of carbonyl (C=O) groups excluding carboxylic acids is 2. The van der Waals surface area contributed by atoms with Gasteiger partial charge in [0.15, 0.2) is 5.82 Å². The Hall–Kier alpha value is -4.53. The molecule has 4 aromatic rings. The van der Waals surface area contributed by atoms with Gasteiger partial charge in [0.25, 0.3) is 5.91 Å². The van der Waals surface area contributed by atoms with Gasteiger partial charge in [-0.25, -0.2) is 14.1 Å². The lowest BCUT2D eigenvalue weighted by Gasteiger charge is -2.14. The topological polar surface area (TPSA) is 106 Å². The zero-order valence-electron chi connectivity index (χ0n) is 19.6. The Morgan fingerprint density at radius 3 is 2.67 bits per heavy atom. The molecule has 0 radical (unpaired) electrons. The Balaban J connectivity index is 1.55. The second kappa shape index (κ2) is 11.3. The first-order chi connectivity index (χ1) is 17.5. The first kappa shape index (κ1) is 24.6. The van der Waals surface area contributed by atoms with Crippen molar-refractivity contribution in [2.45, 2.75) is 26.2 Å². The van der Waals surface area contributed by atoms with Crippen LogP contribution in [0.15, 0.2) is 73.1 Å². The highest BCUT2D eigenvalue weighted by Gasteiger charge is 2.18. The van der Waals surface area contributed by atoms with Crippen LogP contribution < -0.4 is 5.32 Å². The third-order valence-corrected chi connectivity index (χ3v) is 5.48. The van der Waals surface area contributed by atoms with E-state index in [-0.39, 0.29) is 35.2 Å². The number of anilines is 1. The molecule has 0 bridgehead atoms. The molecule has 0 spiro atoms. The van der Waals surface area contributed by atoms with E-state index in [1.165, 1.54) is 22.9 Å². The fraction of sp³-hybridized carbons (Fsp3) is 0.185. The third-order valence-electron chi connectivity index (χ3n) is 5.48. The van der Waals surface area contributed by atoms with Crippen LogP contribution in [-0.4, -0.2) is 38.4 Å². The highest BCUT2D eigenvalue weighted by atomic mass is 19.1. The highest BCUT2D eigenvalue weighted by Crippen LogP contribution is 2.29. The SMILES string of the molecule is CCOC(=O)CCCc1cccc(O)c1NC(=O)c1cccnc1-n1ccc(-c2ccc(F)cc2)n1. The van der Waals surface area contributed by atoms with Crippen molar-refractivity contribution in [2.24, 2.45) is 0 Å². The molecule has 0 aliphatic rings. The number of aryl methyl sites for hydroxylation is 1. The van der Waals surface area contributed by atoms with Gasteiger partial charge in [-0.3, -0.25) is 9.59 Å². The van der Waals surface area contributed by atoms with E-state index in [9.17, 15) is 19.1 Å². The number of rotatable bonds is 9. The summed E-state index contributed by atoms with van der Waals surface area (Å²) in [5, 5.41) is 17.7. The van der Waals surface area contributed by atoms with E-state index < -0.39 is 5.91 Å². The molecular weight excluding hydrogens is 463 g/mol. The number of ether oxygens (including phenoxy) is 1. The fourth-order valence-electron chi connectivity index (χ4n) is 3.75. The van der Waals surface area contributed by atoms with Crippen LogP contribution in [0.1, 0.15) is 35.7 Å². The van der Waals surface area contributed by atoms with E-state index in [0.29, 0.717) is 36.5 Å². The maximum Gasteiger partial charge on any atom is 0.305 e. The number of esters is 1. The van der Waals surface area contributed by atoms with Crippen molar-refractivity contribution >= 4 is 17.6 Å². The summed E-state index contributed by atoms with van der Waals surface area (Å²) in [4.78, 5) is 29.3. The van der Waals surface area contributed by atoms with Crippen molar-refractivity contribution in [1.82, 2.24) is 14.8 Å².